The molecule has 5 heteroatoms. The van der Waals surface area contributed by atoms with Crippen LogP contribution >= 0.6 is 27.5 Å². The highest BCUT2D eigenvalue weighted by Crippen LogP contribution is 2.25. The monoisotopic (exact) mass is 300 g/mol. The Morgan fingerprint density at radius 3 is 2.75 bits per heavy atom. The molecule has 2 aromatic rings. The molecule has 16 heavy (non-hydrogen) atoms. The van der Waals surface area contributed by atoms with Crippen molar-refractivity contribution < 1.29 is 5.11 Å². The normalized spacial score (nSPS) is 12.8. The Morgan fingerprint density at radius 1 is 1.50 bits per heavy atom. The molecule has 3 nitrogen and oxygen atoms in total. The summed E-state index contributed by atoms with van der Waals surface area (Å²) in [6.07, 6.45) is 3.00. The van der Waals surface area contributed by atoms with Gasteiger partial charge in [0.1, 0.15) is 0 Å². The van der Waals surface area contributed by atoms with E-state index in [1.807, 2.05) is 18.3 Å². The second-order valence-corrected chi connectivity index (χ2v) is 4.81. The van der Waals surface area contributed by atoms with Gasteiger partial charge in [-0.1, -0.05) is 17.7 Å². The molecule has 1 aromatic carbocycles. The average molecular weight is 302 g/mol. The van der Waals surface area contributed by atoms with Crippen LogP contribution in [-0.4, -0.2) is 14.9 Å². The highest BCUT2D eigenvalue weighted by atomic mass is 79.9. The molecule has 0 bridgehead atoms. The smallest absolute Gasteiger partial charge is 0.0832 e. The van der Waals surface area contributed by atoms with Crippen LogP contribution in [-0.2, 0) is 0 Å². The van der Waals surface area contributed by atoms with Crippen molar-refractivity contribution in [2.24, 2.45) is 0 Å². The van der Waals surface area contributed by atoms with E-state index in [9.17, 15) is 5.11 Å². The lowest BCUT2D eigenvalue weighted by atomic mass is 10.1. The number of nitrogens with zero attached hydrogens (tertiary/aromatic N) is 2. The fourth-order valence-electron chi connectivity index (χ4n) is 1.40. The molecule has 0 spiro atoms. The van der Waals surface area contributed by atoms with E-state index in [0.29, 0.717) is 5.02 Å². The molecule has 2 rings (SSSR count). The largest absolute Gasteiger partial charge is 0.389 e. The van der Waals surface area contributed by atoms with Crippen LogP contribution in [0.5, 0.6) is 0 Å². The minimum atomic E-state index is -0.518. The molecule has 1 unspecified atom stereocenters. The molecule has 0 aliphatic rings. The quantitative estimate of drug-likeness (QED) is 0.924. The van der Waals surface area contributed by atoms with E-state index in [2.05, 4.69) is 21.0 Å². The molecule has 1 atom stereocenters. The first-order chi connectivity index (χ1) is 7.58. The number of benzene rings is 1. The Bertz CT molecular complexity index is 510. The molecule has 1 aromatic heterocycles. The number of aliphatic hydroxyl groups excluding tert-OH is 1. The van der Waals surface area contributed by atoms with Gasteiger partial charge in [0.25, 0.3) is 0 Å². The number of hydrogen-bond donors (Lipinski definition) is 1. The maximum absolute atomic E-state index is 9.43. The Balaban J connectivity index is 2.44. The first-order valence-electron chi connectivity index (χ1n) is 4.76. The summed E-state index contributed by atoms with van der Waals surface area (Å²) < 4.78 is 2.57. The first kappa shape index (κ1) is 11.6. The standard InChI is InChI=1S/C11H10BrClN2O/c1-7(16)8-2-3-11(10(13)4-8)15-6-9(12)5-14-15/h2-7,16H,1H3. The van der Waals surface area contributed by atoms with Gasteiger partial charge in [0.15, 0.2) is 0 Å². The predicted octanol–water partition coefficient (Wildman–Crippen LogP) is 3.34. The second-order valence-electron chi connectivity index (χ2n) is 3.49. The van der Waals surface area contributed by atoms with Crippen LogP contribution in [0.15, 0.2) is 35.1 Å². The predicted molar refractivity (Wildman–Crippen MR) is 66.9 cm³/mol. The summed E-state index contributed by atoms with van der Waals surface area (Å²) in [7, 11) is 0. The Morgan fingerprint density at radius 2 is 2.25 bits per heavy atom. The Kier molecular flexibility index (Phi) is 3.33. The maximum atomic E-state index is 9.43. The van der Waals surface area contributed by atoms with E-state index < -0.39 is 6.10 Å². The molecule has 0 saturated carbocycles. The third-order valence-electron chi connectivity index (χ3n) is 2.25. The lowest BCUT2D eigenvalue weighted by Gasteiger charge is -2.08. The molecule has 0 aliphatic heterocycles. The summed E-state index contributed by atoms with van der Waals surface area (Å²) in [5, 5.41) is 14.1. The van der Waals surface area contributed by atoms with Gasteiger partial charge in [0.2, 0.25) is 0 Å². The van der Waals surface area contributed by atoms with Gasteiger partial charge in [-0.05, 0) is 40.5 Å². The van der Waals surface area contributed by atoms with Gasteiger partial charge in [-0.3, -0.25) is 0 Å². The SMILES string of the molecule is CC(O)c1ccc(-n2cc(Br)cn2)c(Cl)c1. The first-order valence-corrected chi connectivity index (χ1v) is 5.93. The molecule has 0 aliphatic carbocycles. The second kappa shape index (κ2) is 4.57. The Hall–Kier alpha value is -0.840. The fourth-order valence-corrected chi connectivity index (χ4v) is 1.96. The molecule has 0 amide bonds. The molecule has 84 valence electrons. The number of aliphatic hydroxyl groups is 1. The summed E-state index contributed by atoms with van der Waals surface area (Å²) in [4.78, 5) is 0. The minimum Gasteiger partial charge on any atom is -0.389 e. The van der Waals surface area contributed by atoms with Crippen molar-refractivity contribution in [3.63, 3.8) is 0 Å². The fraction of sp³-hybridized carbons (Fsp3) is 0.182. The van der Waals surface area contributed by atoms with Crippen LogP contribution in [0.2, 0.25) is 5.02 Å². The van der Waals surface area contributed by atoms with Gasteiger partial charge in [0.05, 0.1) is 27.5 Å². The topological polar surface area (TPSA) is 38.0 Å². The van der Waals surface area contributed by atoms with Crippen molar-refractivity contribution in [1.82, 2.24) is 9.78 Å². The zero-order valence-corrected chi connectivity index (χ0v) is 10.9. The Labute approximate surface area is 107 Å². The highest BCUT2D eigenvalue weighted by molar-refractivity contribution is 9.10. The number of aromatic nitrogens is 2. The molecular weight excluding hydrogens is 291 g/mol. The van der Waals surface area contributed by atoms with E-state index in [0.717, 1.165) is 15.7 Å². The number of halogens is 2. The van der Waals surface area contributed by atoms with Crippen LogP contribution in [0.1, 0.15) is 18.6 Å². The average Bonchev–Trinajstić information content (AvgIpc) is 2.64. The van der Waals surface area contributed by atoms with Crippen LogP contribution in [0.4, 0.5) is 0 Å². The van der Waals surface area contributed by atoms with Gasteiger partial charge in [-0.15, -0.1) is 0 Å². The number of hydrogen-bond acceptors (Lipinski definition) is 2. The molecular formula is C11H10BrClN2O. The summed E-state index contributed by atoms with van der Waals surface area (Å²) in [5.74, 6) is 0. The summed E-state index contributed by atoms with van der Waals surface area (Å²) in [6, 6.07) is 5.42. The van der Waals surface area contributed by atoms with Crippen molar-refractivity contribution in [2.45, 2.75) is 13.0 Å². The van der Waals surface area contributed by atoms with Gasteiger partial charge < -0.3 is 5.11 Å². The van der Waals surface area contributed by atoms with Crippen LogP contribution < -0.4 is 0 Å². The van der Waals surface area contributed by atoms with Crippen LogP contribution in [0, 0.1) is 0 Å². The third-order valence-corrected chi connectivity index (χ3v) is 2.96. The number of rotatable bonds is 2. The van der Waals surface area contributed by atoms with Crippen LogP contribution in [0.3, 0.4) is 0 Å². The summed E-state index contributed by atoms with van der Waals surface area (Å²) in [5.41, 5.74) is 1.58. The molecule has 0 fully saturated rings. The molecule has 1 heterocycles. The van der Waals surface area contributed by atoms with Gasteiger partial charge >= 0.3 is 0 Å². The van der Waals surface area contributed by atoms with E-state index >= 15 is 0 Å². The van der Waals surface area contributed by atoms with Gasteiger partial charge in [-0.2, -0.15) is 5.10 Å². The van der Waals surface area contributed by atoms with Crippen molar-refractivity contribution in [1.29, 1.82) is 0 Å². The van der Waals surface area contributed by atoms with Gasteiger partial charge in [-0.25, -0.2) is 4.68 Å². The van der Waals surface area contributed by atoms with Crippen molar-refractivity contribution >= 4 is 27.5 Å². The minimum absolute atomic E-state index is 0.518. The van der Waals surface area contributed by atoms with E-state index in [1.165, 1.54) is 0 Å². The summed E-state index contributed by atoms with van der Waals surface area (Å²) >= 11 is 9.46. The molecule has 0 radical (unpaired) electrons. The van der Waals surface area contributed by atoms with Crippen molar-refractivity contribution in [3.05, 3.63) is 45.7 Å². The zero-order chi connectivity index (χ0) is 11.7. The van der Waals surface area contributed by atoms with E-state index in [-0.39, 0.29) is 0 Å². The summed E-state index contributed by atoms with van der Waals surface area (Å²) in [6.45, 7) is 1.70. The molecule has 0 saturated heterocycles. The lowest BCUT2D eigenvalue weighted by molar-refractivity contribution is 0.199. The van der Waals surface area contributed by atoms with E-state index in [1.54, 1.807) is 23.9 Å². The van der Waals surface area contributed by atoms with E-state index in [4.69, 9.17) is 11.6 Å². The maximum Gasteiger partial charge on any atom is 0.0832 e. The van der Waals surface area contributed by atoms with Gasteiger partial charge in [0, 0.05) is 6.20 Å². The van der Waals surface area contributed by atoms with Crippen molar-refractivity contribution in [3.8, 4) is 5.69 Å². The van der Waals surface area contributed by atoms with Crippen molar-refractivity contribution in [2.75, 3.05) is 0 Å². The third kappa shape index (κ3) is 2.29. The highest BCUT2D eigenvalue weighted by Gasteiger charge is 2.07. The lowest BCUT2D eigenvalue weighted by Crippen LogP contribution is -1.97. The molecule has 1 N–H and O–H groups in total. The zero-order valence-electron chi connectivity index (χ0n) is 8.56. The van der Waals surface area contributed by atoms with Crippen LogP contribution in [0.25, 0.3) is 5.69 Å².